The number of hydrogen-bond donors (Lipinski definition) is 0. The zero-order valence-corrected chi connectivity index (χ0v) is 6.28. The van der Waals surface area contributed by atoms with Crippen LogP contribution in [0.25, 0.3) is 0 Å². The average molecular weight is 144 g/mol. The highest BCUT2D eigenvalue weighted by atomic mass is 14.3. The fourth-order valence-corrected chi connectivity index (χ4v) is 0.427. The molecule has 2 heteroatoms. The minimum absolute atomic E-state index is 0.116. The zero-order chi connectivity index (χ0) is 8.53. The van der Waals surface area contributed by atoms with Crippen molar-refractivity contribution in [1.29, 1.82) is 10.5 Å². The van der Waals surface area contributed by atoms with Gasteiger partial charge in [-0.15, -0.1) is 0 Å². The van der Waals surface area contributed by atoms with Gasteiger partial charge in [-0.25, -0.2) is 0 Å². The van der Waals surface area contributed by atoms with Crippen molar-refractivity contribution in [2.45, 2.75) is 6.92 Å². The maximum absolute atomic E-state index is 8.29. The third kappa shape index (κ3) is 4.69. The molecule has 0 aromatic rings. The highest BCUT2D eigenvalue weighted by Crippen LogP contribution is 1.89. The van der Waals surface area contributed by atoms with E-state index in [9.17, 15) is 0 Å². The Balaban J connectivity index is 4.15. The Hall–Kier alpha value is -1.80. The van der Waals surface area contributed by atoms with Gasteiger partial charge in [0.2, 0.25) is 0 Å². The van der Waals surface area contributed by atoms with Crippen LogP contribution in [-0.4, -0.2) is 0 Å². The summed E-state index contributed by atoms with van der Waals surface area (Å²) >= 11 is 0. The van der Waals surface area contributed by atoms with Crippen molar-refractivity contribution in [1.82, 2.24) is 0 Å². The first-order valence-electron chi connectivity index (χ1n) is 3.15. The molecule has 0 bridgehead atoms. The molecule has 0 aliphatic rings. The molecule has 0 amide bonds. The second kappa shape index (κ2) is 6.32. The fourth-order valence-electron chi connectivity index (χ4n) is 0.427. The molecule has 54 valence electrons. The Morgan fingerprint density at radius 2 is 1.73 bits per heavy atom. The maximum atomic E-state index is 8.29. The predicted molar refractivity (Wildman–Crippen MR) is 43.3 cm³/mol. The van der Waals surface area contributed by atoms with Crippen molar-refractivity contribution in [3.63, 3.8) is 0 Å². The number of nitrogens with zero attached hydrogens (tertiary/aromatic N) is 2. The van der Waals surface area contributed by atoms with Gasteiger partial charge in [0.25, 0.3) is 0 Å². The van der Waals surface area contributed by atoms with E-state index in [1.807, 2.05) is 19.1 Å². The second-order valence-electron chi connectivity index (χ2n) is 1.71. The number of allylic oxidation sites excluding steroid dienone is 6. The van der Waals surface area contributed by atoms with E-state index in [0.29, 0.717) is 0 Å². The minimum atomic E-state index is 0.116. The minimum Gasteiger partial charge on any atom is -0.192 e. The third-order valence-electron chi connectivity index (χ3n) is 0.918. The molecule has 0 atom stereocenters. The molecule has 0 aliphatic heterocycles. The van der Waals surface area contributed by atoms with Crippen LogP contribution in [0.2, 0.25) is 0 Å². The van der Waals surface area contributed by atoms with E-state index in [0.717, 1.165) is 0 Å². The molecule has 0 fully saturated rings. The Morgan fingerprint density at radius 3 is 2.18 bits per heavy atom. The monoisotopic (exact) mass is 144 g/mol. The number of rotatable bonds is 2. The lowest BCUT2D eigenvalue weighted by Gasteiger charge is -1.74. The van der Waals surface area contributed by atoms with Gasteiger partial charge in [-0.2, -0.15) is 10.5 Å². The van der Waals surface area contributed by atoms with E-state index >= 15 is 0 Å². The summed E-state index contributed by atoms with van der Waals surface area (Å²) in [4.78, 5) is 0. The SMILES string of the molecule is C/C=C/C=C/C=C(C#N)C#N. The van der Waals surface area contributed by atoms with E-state index in [1.54, 1.807) is 24.3 Å². The zero-order valence-electron chi connectivity index (χ0n) is 6.28. The summed E-state index contributed by atoms with van der Waals surface area (Å²) in [5, 5.41) is 16.6. The number of hydrogen-bond acceptors (Lipinski definition) is 2. The van der Waals surface area contributed by atoms with Crippen LogP contribution in [0.5, 0.6) is 0 Å². The van der Waals surface area contributed by atoms with Gasteiger partial charge in [-0.05, 0) is 13.0 Å². The fraction of sp³-hybridized carbons (Fsp3) is 0.111. The third-order valence-corrected chi connectivity index (χ3v) is 0.918. The molecule has 0 heterocycles. The molecule has 0 spiro atoms. The van der Waals surface area contributed by atoms with Crippen molar-refractivity contribution in [3.8, 4) is 12.1 Å². The molecule has 2 nitrogen and oxygen atoms in total. The first-order valence-corrected chi connectivity index (χ1v) is 3.15. The smallest absolute Gasteiger partial charge is 0.129 e. The lowest BCUT2D eigenvalue weighted by molar-refractivity contribution is 1.46. The van der Waals surface area contributed by atoms with E-state index in [2.05, 4.69) is 0 Å². The Morgan fingerprint density at radius 1 is 1.09 bits per heavy atom. The van der Waals surface area contributed by atoms with Gasteiger partial charge in [-0.3, -0.25) is 0 Å². The summed E-state index contributed by atoms with van der Waals surface area (Å²) < 4.78 is 0. The predicted octanol–water partition coefficient (Wildman–Crippen LogP) is 2.09. The molecule has 0 saturated heterocycles. The van der Waals surface area contributed by atoms with Crippen LogP contribution >= 0.6 is 0 Å². The van der Waals surface area contributed by atoms with Gasteiger partial charge in [0.05, 0.1) is 0 Å². The summed E-state index contributed by atoms with van der Waals surface area (Å²) in [6, 6.07) is 3.51. The van der Waals surface area contributed by atoms with E-state index < -0.39 is 0 Å². The van der Waals surface area contributed by atoms with E-state index in [4.69, 9.17) is 10.5 Å². The van der Waals surface area contributed by atoms with Crippen LogP contribution in [0.15, 0.2) is 36.0 Å². The Kier molecular flexibility index (Phi) is 5.29. The molecule has 0 aliphatic carbocycles. The van der Waals surface area contributed by atoms with Crippen LogP contribution in [0.4, 0.5) is 0 Å². The van der Waals surface area contributed by atoms with Gasteiger partial charge in [-0.1, -0.05) is 24.3 Å². The Bertz CT molecular complexity index is 253. The molecule has 0 N–H and O–H groups in total. The van der Waals surface area contributed by atoms with Gasteiger partial charge in [0.1, 0.15) is 17.7 Å². The Labute approximate surface area is 66.4 Å². The normalized spacial score (nSPS) is 9.36. The van der Waals surface area contributed by atoms with Crippen LogP contribution in [0.3, 0.4) is 0 Å². The van der Waals surface area contributed by atoms with Crippen LogP contribution in [0.1, 0.15) is 6.92 Å². The van der Waals surface area contributed by atoms with Crippen molar-refractivity contribution >= 4 is 0 Å². The lowest BCUT2D eigenvalue weighted by Crippen LogP contribution is -1.66. The summed E-state index contributed by atoms with van der Waals surface area (Å²) in [7, 11) is 0. The van der Waals surface area contributed by atoms with Gasteiger partial charge >= 0.3 is 0 Å². The van der Waals surface area contributed by atoms with Gasteiger partial charge in [0, 0.05) is 0 Å². The largest absolute Gasteiger partial charge is 0.192 e. The summed E-state index contributed by atoms with van der Waals surface area (Å²) in [5.74, 6) is 0. The molecule has 0 unspecified atom stereocenters. The maximum Gasteiger partial charge on any atom is 0.129 e. The molecular weight excluding hydrogens is 136 g/mol. The van der Waals surface area contributed by atoms with Gasteiger partial charge in [0.15, 0.2) is 0 Å². The summed E-state index contributed by atoms with van der Waals surface area (Å²) in [6.45, 7) is 1.89. The van der Waals surface area contributed by atoms with Crippen LogP contribution < -0.4 is 0 Å². The van der Waals surface area contributed by atoms with E-state index in [1.165, 1.54) is 6.08 Å². The van der Waals surface area contributed by atoms with Gasteiger partial charge < -0.3 is 0 Å². The van der Waals surface area contributed by atoms with Crippen molar-refractivity contribution in [2.75, 3.05) is 0 Å². The molecule has 0 rings (SSSR count). The molecule has 11 heavy (non-hydrogen) atoms. The number of nitriles is 2. The first-order chi connectivity index (χ1) is 5.35. The second-order valence-corrected chi connectivity index (χ2v) is 1.71. The van der Waals surface area contributed by atoms with Crippen molar-refractivity contribution in [2.24, 2.45) is 0 Å². The summed E-state index contributed by atoms with van der Waals surface area (Å²) in [5.41, 5.74) is 0.116. The van der Waals surface area contributed by atoms with Crippen LogP contribution in [0, 0.1) is 22.7 Å². The molecule has 0 saturated carbocycles. The molecule has 0 aromatic heterocycles. The highest BCUT2D eigenvalue weighted by molar-refractivity contribution is 5.38. The molecule has 0 radical (unpaired) electrons. The highest BCUT2D eigenvalue weighted by Gasteiger charge is 1.84. The van der Waals surface area contributed by atoms with Crippen molar-refractivity contribution < 1.29 is 0 Å². The standard InChI is InChI=1S/C9H8N2/c1-2-3-4-5-6-9(7-10)8-11/h2-6H,1H3/b3-2+,5-4+. The topological polar surface area (TPSA) is 47.6 Å². The average Bonchev–Trinajstić information content (AvgIpc) is 2.05. The summed E-state index contributed by atoms with van der Waals surface area (Å²) in [6.07, 6.45) is 8.57. The van der Waals surface area contributed by atoms with E-state index in [-0.39, 0.29) is 5.57 Å². The first kappa shape index (κ1) is 9.20. The van der Waals surface area contributed by atoms with Crippen molar-refractivity contribution in [3.05, 3.63) is 36.0 Å². The van der Waals surface area contributed by atoms with Crippen LogP contribution in [-0.2, 0) is 0 Å². The lowest BCUT2D eigenvalue weighted by atomic mass is 10.3. The quantitative estimate of drug-likeness (QED) is 0.440. The molecular formula is C9H8N2. The molecule has 0 aromatic carbocycles.